The lowest BCUT2D eigenvalue weighted by Gasteiger charge is -2.36. The van der Waals surface area contributed by atoms with Crippen molar-refractivity contribution >= 4 is 11.6 Å². The zero-order valence-electron chi connectivity index (χ0n) is 14.8. The Bertz CT molecular complexity index is 597. The van der Waals surface area contributed by atoms with Crippen LogP contribution in [0.4, 0.5) is 0 Å². The minimum absolute atomic E-state index is 0.129. The van der Waals surface area contributed by atoms with E-state index in [9.17, 15) is 0 Å². The lowest BCUT2D eigenvalue weighted by Crippen LogP contribution is -2.40. The van der Waals surface area contributed by atoms with E-state index in [2.05, 4.69) is 18.4 Å². The van der Waals surface area contributed by atoms with E-state index in [1.165, 1.54) is 32.1 Å². The van der Waals surface area contributed by atoms with Gasteiger partial charge in [0.15, 0.2) is 0 Å². The lowest BCUT2D eigenvalue weighted by molar-refractivity contribution is -0.138. The Morgan fingerprint density at radius 3 is 2.48 bits per heavy atom. The Balaban J connectivity index is 1.42. The molecule has 1 aliphatic heterocycles. The molecule has 2 aliphatic rings. The molecule has 1 saturated carbocycles. The van der Waals surface area contributed by atoms with Crippen LogP contribution < -0.4 is 0 Å². The summed E-state index contributed by atoms with van der Waals surface area (Å²) < 4.78 is 12.0. The third-order valence-corrected chi connectivity index (χ3v) is 5.59. The maximum atomic E-state index is 6.09. The highest BCUT2D eigenvalue weighted by atomic mass is 35.5. The van der Waals surface area contributed by atoms with E-state index >= 15 is 0 Å². The summed E-state index contributed by atoms with van der Waals surface area (Å²) in [5.74, 6) is 7.82. The molecule has 1 saturated heterocycles. The second kappa shape index (κ2) is 9.43. The van der Waals surface area contributed by atoms with Gasteiger partial charge in [0.2, 0.25) is 0 Å². The molecule has 0 aromatic heterocycles. The molecule has 1 aromatic rings. The van der Waals surface area contributed by atoms with Crippen LogP contribution in [0.2, 0.25) is 5.02 Å². The Morgan fingerprint density at radius 1 is 1.08 bits per heavy atom. The molecule has 1 aromatic carbocycles. The molecule has 0 radical (unpaired) electrons. The van der Waals surface area contributed by atoms with Crippen LogP contribution in [0.25, 0.3) is 0 Å². The van der Waals surface area contributed by atoms with Gasteiger partial charge in [-0.15, -0.1) is 6.58 Å². The van der Waals surface area contributed by atoms with Crippen LogP contribution in [-0.4, -0.2) is 25.4 Å². The van der Waals surface area contributed by atoms with Gasteiger partial charge in [0.25, 0.3) is 0 Å². The number of rotatable bonds is 4. The van der Waals surface area contributed by atoms with Crippen LogP contribution in [-0.2, 0) is 9.47 Å². The van der Waals surface area contributed by atoms with E-state index in [0.29, 0.717) is 19.1 Å². The van der Waals surface area contributed by atoms with Gasteiger partial charge in [-0.25, -0.2) is 0 Å². The van der Waals surface area contributed by atoms with Crippen molar-refractivity contribution in [3.63, 3.8) is 0 Å². The third-order valence-electron chi connectivity index (χ3n) is 5.34. The average Bonchev–Trinajstić information content (AvgIpc) is 2.67. The highest BCUT2D eigenvalue weighted by Crippen LogP contribution is 2.35. The van der Waals surface area contributed by atoms with Gasteiger partial charge in [-0.2, -0.15) is 0 Å². The van der Waals surface area contributed by atoms with Crippen LogP contribution in [0.5, 0.6) is 0 Å². The summed E-state index contributed by atoms with van der Waals surface area (Å²) in [4.78, 5) is 0. The topological polar surface area (TPSA) is 18.5 Å². The molecule has 1 heterocycles. The van der Waals surface area contributed by atoms with Crippen molar-refractivity contribution in [1.82, 2.24) is 0 Å². The van der Waals surface area contributed by atoms with Gasteiger partial charge in [-0.1, -0.05) is 42.4 Å². The van der Waals surface area contributed by atoms with Gasteiger partial charge in [0.05, 0.1) is 19.3 Å². The first kappa shape index (κ1) is 18.5. The fourth-order valence-electron chi connectivity index (χ4n) is 3.77. The van der Waals surface area contributed by atoms with Gasteiger partial charge in [0, 0.05) is 10.6 Å². The number of hydrogen-bond donors (Lipinski definition) is 0. The minimum Gasteiger partial charge on any atom is -0.372 e. The zero-order chi connectivity index (χ0) is 17.5. The summed E-state index contributed by atoms with van der Waals surface area (Å²) in [5, 5.41) is 0.727. The third kappa shape index (κ3) is 5.61. The van der Waals surface area contributed by atoms with Gasteiger partial charge in [0.1, 0.15) is 6.10 Å². The number of ether oxygens (including phenoxy) is 2. The summed E-state index contributed by atoms with van der Waals surface area (Å²) in [7, 11) is 0. The molecule has 25 heavy (non-hydrogen) atoms. The second-order valence-electron chi connectivity index (χ2n) is 7.12. The normalized spacial score (nSPS) is 29.5. The molecular weight excluding hydrogens is 332 g/mol. The summed E-state index contributed by atoms with van der Waals surface area (Å²) >= 11 is 5.89. The van der Waals surface area contributed by atoms with Crippen LogP contribution in [0.1, 0.15) is 44.1 Å². The summed E-state index contributed by atoms with van der Waals surface area (Å²) in [6.45, 7) is 5.06. The van der Waals surface area contributed by atoms with E-state index in [0.717, 1.165) is 22.9 Å². The summed E-state index contributed by atoms with van der Waals surface area (Å²) in [5.41, 5.74) is 0.952. The first-order valence-electron chi connectivity index (χ1n) is 9.36. The van der Waals surface area contributed by atoms with E-state index < -0.39 is 0 Å². The molecule has 2 nitrogen and oxygen atoms in total. The van der Waals surface area contributed by atoms with Crippen LogP contribution >= 0.6 is 11.6 Å². The minimum atomic E-state index is -0.129. The molecule has 3 heteroatoms. The zero-order valence-corrected chi connectivity index (χ0v) is 15.5. The van der Waals surface area contributed by atoms with E-state index in [4.69, 9.17) is 21.1 Å². The van der Waals surface area contributed by atoms with E-state index in [-0.39, 0.29) is 12.2 Å². The molecule has 2 atom stereocenters. The predicted octanol–water partition coefficient (Wildman–Crippen LogP) is 5.25. The fourth-order valence-corrected chi connectivity index (χ4v) is 3.90. The molecule has 0 N–H and O–H groups in total. The molecular formula is C22H27ClO2. The van der Waals surface area contributed by atoms with Gasteiger partial charge >= 0.3 is 0 Å². The molecule has 2 unspecified atom stereocenters. The monoisotopic (exact) mass is 358 g/mol. The number of allylic oxidation sites excluding steroid dienone is 1. The predicted molar refractivity (Wildman–Crippen MR) is 103 cm³/mol. The maximum absolute atomic E-state index is 6.09. The van der Waals surface area contributed by atoms with Crippen LogP contribution in [0.3, 0.4) is 0 Å². The summed E-state index contributed by atoms with van der Waals surface area (Å²) in [6, 6.07) is 7.55. The fraction of sp³-hybridized carbons (Fsp3) is 0.545. The lowest BCUT2D eigenvalue weighted by atomic mass is 9.77. The Kier molecular flexibility index (Phi) is 6.99. The highest BCUT2D eigenvalue weighted by Gasteiger charge is 2.31. The highest BCUT2D eigenvalue weighted by molar-refractivity contribution is 6.30. The molecule has 2 fully saturated rings. The number of halogens is 1. The molecule has 3 rings (SSSR count). The van der Waals surface area contributed by atoms with Crippen molar-refractivity contribution in [3.05, 3.63) is 47.5 Å². The van der Waals surface area contributed by atoms with Crippen molar-refractivity contribution in [2.45, 2.75) is 50.7 Å². The maximum Gasteiger partial charge on any atom is 0.141 e. The standard InChI is InChI=1S/C22H27ClO2/c1-2-3-4-17-5-10-19(11-6-17)22-16-24-21(15-25-22)14-9-18-7-12-20(23)13-8-18/h2,7-8,12-13,17,19,21-22H,1,3-6,10-11,15-16H2. The van der Waals surface area contributed by atoms with Crippen LogP contribution in [0, 0.1) is 23.7 Å². The molecule has 0 bridgehead atoms. The smallest absolute Gasteiger partial charge is 0.141 e. The van der Waals surface area contributed by atoms with Gasteiger partial charge < -0.3 is 9.47 Å². The molecule has 1 aliphatic carbocycles. The van der Waals surface area contributed by atoms with Crippen molar-refractivity contribution in [2.24, 2.45) is 11.8 Å². The SMILES string of the molecule is C=CCCC1CCC(C2COC(C#Cc3ccc(Cl)cc3)CO2)CC1. The average molecular weight is 359 g/mol. The number of benzene rings is 1. The summed E-state index contributed by atoms with van der Waals surface area (Å²) in [6.07, 6.45) is 9.75. The second-order valence-corrected chi connectivity index (χ2v) is 7.55. The molecule has 0 amide bonds. The largest absolute Gasteiger partial charge is 0.372 e. The van der Waals surface area contributed by atoms with Crippen molar-refractivity contribution in [2.75, 3.05) is 13.2 Å². The Hall–Kier alpha value is -1.27. The first-order valence-corrected chi connectivity index (χ1v) is 9.73. The number of hydrogen-bond acceptors (Lipinski definition) is 2. The Morgan fingerprint density at radius 2 is 1.84 bits per heavy atom. The van der Waals surface area contributed by atoms with Gasteiger partial charge in [-0.3, -0.25) is 0 Å². The Labute approximate surface area is 156 Å². The van der Waals surface area contributed by atoms with E-state index in [1.54, 1.807) is 0 Å². The molecule has 134 valence electrons. The quantitative estimate of drug-likeness (QED) is 0.540. The van der Waals surface area contributed by atoms with Crippen molar-refractivity contribution in [3.8, 4) is 11.8 Å². The van der Waals surface area contributed by atoms with E-state index in [1.807, 2.05) is 30.3 Å². The van der Waals surface area contributed by atoms with Crippen LogP contribution in [0.15, 0.2) is 36.9 Å². The first-order chi connectivity index (χ1) is 12.2. The molecule has 0 spiro atoms. The van der Waals surface area contributed by atoms with Gasteiger partial charge in [-0.05, 0) is 61.8 Å². The van der Waals surface area contributed by atoms with Crippen molar-refractivity contribution < 1.29 is 9.47 Å². The van der Waals surface area contributed by atoms with Crippen molar-refractivity contribution in [1.29, 1.82) is 0 Å².